The number of carbonyl (C=O) groups excluding carboxylic acids is 2. The van der Waals surface area contributed by atoms with Crippen LogP contribution in [0.25, 0.3) is 10.9 Å². The van der Waals surface area contributed by atoms with Gasteiger partial charge in [0.2, 0.25) is 0 Å². The highest BCUT2D eigenvalue weighted by atomic mass is 35.5. The average molecular weight is 266 g/mol. The van der Waals surface area contributed by atoms with E-state index in [1.54, 1.807) is 31.2 Å². The molecule has 0 aliphatic heterocycles. The van der Waals surface area contributed by atoms with Crippen molar-refractivity contribution in [2.24, 2.45) is 0 Å². The average Bonchev–Trinajstić information content (AvgIpc) is 2.80. The molecule has 0 aliphatic rings. The fourth-order valence-corrected chi connectivity index (χ4v) is 1.86. The molecule has 0 saturated heterocycles. The molecule has 1 heterocycles. The van der Waals surface area contributed by atoms with Crippen LogP contribution >= 0.6 is 11.6 Å². The van der Waals surface area contributed by atoms with Crippen molar-refractivity contribution in [3.8, 4) is 0 Å². The normalized spacial score (nSPS) is 10.6. The molecule has 0 saturated carbocycles. The van der Waals surface area contributed by atoms with Gasteiger partial charge in [-0.1, -0.05) is 0 Å². The molecule has 2 aromatic rings. The van der Waals surface area contributed by atoms with Crippen molar-refractivity contribution < 1.29 is 14.3 Å². The summed E-state index contributed by atoms with van der Waals surface area (Å²) in [5, 5.41) is 0.786. The van der Waals surface area contributed by atoms with E-state index in [0.29, 0.717) is 17.9 Å². The minimum atomic E-state index is -0.404. The first-order valence-electron chi connectivity index (χ1n) is 5.54. The zero-order chi connectivity index (χ0) is 13.1. The molecule has 0 fully saturated rings. The number of H-pyrrole nitrogens is 1. The largest absolute Gasteiger partial charge is 0.461 e. The molecular formula is C13H12ClNO3. The number of alkyl halides is 1. The van der Waals surface area contributed by atoms with Crippen molar-refractivity contribution in [1.82, 2.24) is 4.98 Å². The molecule has 1 N–H and O–H groups in total. The molecule has 1 aromatic heterocycles. The first-order valence-corrected chi connectivity index (χ1v) is 6.08. The van der Waals surface area contributed by atoms with Crippen molar-refractivity contribution in [2.45, 2.75) is 6.92 Å². The number of fused-ring (bicyclic) bond motifs is 1. The predicted octanol–water partition coefficient (Wildman–Crippen LogP) is 2.77. The molecule has 0 bridgehead atoms. The Kier molecular flexibility index (Phi) is 3.67. The molecule has 0 radical (unpaired) electrons. The maximum absolute atomic E-state index is 11.5. The number of ether oxygens (including phenoxy) is 1. The Hall–Kier alpha value is -1.81. The van der Waals surface area contributed by atoms with E-state index in [1.165, 1.54) is 0 Å². The molecule has 0 spiro atoms. The van der Waals surface area contributed by atoms with E-state index in [0.717, 1.165) is 10.9 Å². The van der Waals surface area contributed by atoms with Crippen molar-refractivity contribution >= 4 is 34.3 Å². The molecule has 0 unspecified atom stereocenters. The summed E-state index contributed by atoms with van der Waals surface area (Å²) in [5.74, 6) is -0.600. The van der Waals surface area contributed by atoms with Crippen LogP contribution in [0.15, 0.2) is 24.3 Å². The lowest BCUT2D eigenvalue weighted by atomic mass is 10.1. The minimum Gasteiger partial charge on any atom is -0.461 e. The fourth-order valence-electron chi connectivity index (χ4n) is 1.70. The van der Waals surface area contributed by atoms with Crippen LogP contribution in [-0.2, 0) is 4.74 Å². The summed E-state index contributed by atoms with van der Waals surface area (Å²) in [6.45, 7) is 2.07. The number of esters is 1. The van der Waals surface area contributed by atoms with Crippen LogP contribution in [0.2, 0.25) is 0 Å². The van der Waals surface area contributed by atoms with Gasteiger partial charge in [0.25, 0.3) is 0 Å². The topological polar surface area (TPSA) is 59.2 Å². The van der Waals surface area contributed by atoms with Gasteiger partial charge in [-0.3, -0.25) is 4.79 Å². The first-order chi connectivity index (χ1) is 8.65. The predicted molar refractivity (Wildman–Crippen MR) is 69.3 cm³/mol. The lowest BCUT2D eigenvalue weighted by molar-refractivity contribution is 0.0520. The van der Waals surface area contributed by atoms with Gasteiger partial charge in [0, 0.05) is 16.5 Å². The number of ketones is 1. The summed E-state index contributed by atoms with van der Waals surface area (Å²) >= 11 is 5.50. The minimum absolute atomic E-state index is 0.0549. The summed E-state index contributed by atoms with van der Waals surface area (Å²) in [6.07, 6.45) is 0. The molecule has 2 rings (SSSR count). The van der Waals surface area contributed by atoms with E-state index in [9.17, 15) is 9.59 Å². The Morgan fingerprint density at radius 3 is 2.78 bits per heavy atom. The third-order valence-corrected chi connectivity index (χ3v) is 2.80. The number of aromatic nitrogens is 1. The highest BCUT2D eigenvalue weighted by Crippen LogP contribution is 2.18. The van der Waals surface area contributed by atoms with Gasteiger partial charge in [-0.25, -0.2) is 4.79 Å². The zero-order valence-corrected chi connectivity index (χ0v) is 10.6. The van der Waals surface area contributed by atoms with E-state index in [1.807, 2.05) is 0 Å². The highest BCUT2D eigenvalue weighted by Gasteiger charge is 2.11. The van der Waals surface area contributed by atoms with Crippen molar-refractivity contribution in [3.05, 3.63) is 35.5 Å². The molecule has 1 aromatic carbocycles. The van der Waals surface area contributed by atoms with Crippen LogP contribution in [0.5, 0.6) is 0 Å². The maximum atomic E-state index is 11.5. The fraction of sp³-hybridized carbons (Fsp3) is 0.231. The Balaban J connectivity index is 2.39. The van der Waals surface area contributed by atoms with Gasteiger partial charge >= 0.3 is 5.97 Å². The SMILES string of the molecule is CCOC(=O)c1cc2cc(C(=O)CCl)ccc2[nH]1. The molecular weight excluding hydrogens is 254 g/mol. The first kappa shape index (κ1) is 12.6. The number of hydrogen-bond donors (Lipinski definition) is 1. The van der Waals surface area contributed by atoms with Gasteiger partial charge in [-0.05, 0) is 31.2 Å². The number of halogens is 1. The van der Waals surface area contributed by atoms with Crippen LogP contribution in [0.4, 0.5) is 0 Å². The van der Waals surface area contributed by atoms with Gasteiger partial charge in [0.1, 0.15) is 5.69 Å². The van der Waals surface area contributed by atoms with Crippen LogP contribution in [0, 0.1) is 0 Å². The Labute approximate surface area is 109 Å². The molecule has 0 atom stereocenters. The number of nitrogens with one attached hydrogen (secondary N) is 1. The summed E-state index contributed by atoms with van der Waals surface area (Å²) in [6, 6.07) is 6.80. The standard InChI is InChI=1S/C13H12ClNO3/c1-2-18-13(17)11-6-9-5-8(12(16)7-14)3-4-10(9)15-11/h3-6,15H,2,7H2,1H3. The third kappa shape index (κ3) is 2.38. The molecule has 18 heavy (non-hydrogen) atoms. The summed E-state index contributed by atoms with van der Waals surface area (Å²) in [7, 11) is 0. The second-order valence-corrected chi connectivity index (χ2v) is 4.03. The Morgan fingerprint density at radius 1 is 1.33 bits per heavy atom. The number of benzene rings is 1. The molecule has 94 valence electrons. The second-order valence-electron chi connectivity index (χ2n) is 3.76. The van der Waals surface area contributed by atoms with E-state index >= 15 is 0 Å². The number of aromatic amines is 1. The summed E-state index contributed by atoms with van der Waals surface area (Å²) < 4.78 is 4.90. The van der Waals surface area contributed by atoms with Gasteiger partial charge in [0.05, 0.1) is 12.5 Å². The molecule has 5 heteroatoms. The number of rotatable bonds is 4. The smallest absolute Gasteiger partial charge is 0.354 e. The van der Waals surface area contributed by atoms with Crippen molar-refractivity contribution in [3.63, 3.8) is 0 Å². The third-order valence-electron chi connectivity index (χ3n) is 2.56. The van der Waals surface area contributed by atoms with E-state index < -0.39 is 5.97 Å². The van der Waals surface area contributed by atoms with Crippen LogP contribution < -0.4 is 0 Å². The number of Topliss-reactive ketones (excluding diaryl/α,β-unsaturated/α-hetero) is 1. The molecule has 0 aliphatic carbocycles. The molecule has 0 amide bonds. The van der Waals surface area contributed by atoms with E-state index in [2.05, 4.69) is 4.98 Å². The summed E-state index contributed by atoms with van der Waals surface area (Å²) in [4.78, 5) is 26.0. The number of hydrogen-bond acceptors (Lipinski definition) is 3. The van der Waals surface area contributed by atoms with E-state index in [-0.39, 0.29) is 11.7 Å². The second kappa shape index (κ2) is 5.23. The lowest BCUT2D eigenvalue weighted by Gasteiger charge is -1.96. The van der Waals surface area contributed by atoms with Crippen LogP contribution in [0.1, 0.15) is 27.8 Å². The van der Waals surface area contributed by atoms with Gasteiger partial charge in [-0.2, -0.15) is 0 Å². The maximum Gasteiger partial charge on any atom is 0.354 e. The van der Waals surface area contributed by atoms with Crippen molar-refractivity contribution in [2.75, 3.05) is 12.5 Å². The van der Waals surface area contributed by atoms with Gasteiger partial charge in [-0.15, -0.1) is 11.6 Å². The van der Waals surface area contributed by atoms with Gasteiger partial charge in [0.15, 0.2) is 5.78 Å². The highest BCUT2D eigenvalue weighted by molar-refractivity contribution is 6.30. The summed E-state index contributed by atoms with van der Waals surface area (Å²) in [5.41, 5.74) is 1.69. The van der Waals surface area contributed by atoms with Crippen molar-refractivity contribution in [1.29, 1.82) is 0 Å². The van der Waals surface area contributed by atoms with Crippen LogP contribution in [-0.4, -0.2) is 29.2 Å². The quantitative estimate of drug-likeness (QED) is 0.525. The van der Waals surface area contributed by atoms with Gasteiger partial charge < -0.3 is 9.72 Å². The Morgan fingerprint density at radius 2 is 2.11 bits per heavy atom. The molecule has 4 nitrogen and oxygen atoms in total. The Bertz CT molecular complexity index is 603. The van der Waals surface area contributed by atoms with Crippen LogP contribution in [0.3, 0.4) is 0 Å². The lowest BCUT2D eigenvalue weighted by Crippen LogP contribution is -2.04. The van der Waals surface area contributed by atoms with E-state index in [4.69, 9.17) is 16.3 Å². The monoisotopic (exact) mass is 265 g/mol. The number of carbonyl (C=O) groups is 2. The zero-order valence-electron chi connectivity index (χ0n) is 9.83.